The summed E-state index contributed by atoms with van der Waals surface area (Å²) in [5.41, 5.74) is 3.11. The van der Waals surface area contributed by atoms with E-state index < -0.39 is 34.5 Å². The van der Waals surface area contributed by atoms with Gasteiger partial charge in [-0.05, 0) is 48.1 Å². The van der Waals surface area contributed by atoms with Gasteiger partial charge in [0.1, 0.15) is 11.9 Å². The van der Waals surface area contributed by atoms with Gasteiger partial charge in [-0.3, -0.25) is 10.1 Å². The Morgan fingerprint density at radius 1 is 0.946 bits per heavy atom. The normalized spacial score (nSPS) is 14.6. The molecule has 37 heavy (non-hydrogen) atoms. The van der Waals surface area contributed by atoms with E-state index >= 15 is 0 Å². The maximum absolute atomic E-state index is 14.2. The number of carboxylic acids is 1. The van der Waals surface area contributed by atoms with Crippen molar-refractivity contribution in [3.05, 3.63) is 101 Å². The molecule has 3 aromatic carbocycles. The number of hydrogen-bond acceptors (Lipinski definition) is 4. The largest absolute Gasteiger partial charge is 0.481 e. The molecule has 188 valence electrons. The van der Waals surface area contributed by atoms with Crippen LogP contribution in [0, 0.1) is 10.9 Å². The third-order valence-electron chi connectivity index (χ3n) is 6.64. The Morgan fingerprint density at radius 2 is 1.54 bits per heavy atom. The van der Waals surface area contributed by atoms with Crippen LogP contribution in [0.5, 0.6) is 0 Å². The highest BCUT2D eigenvalue weighted by atomic mass is 32.1. The van der Waals surface area contributed by atoms with E-state index in [1.165, 1.54) is 18.2 Å². The zero-order valence-corrected chi connectivity index (χ0v) is 20.6. The van der Waals surface area contributed by atoms with Crippen molar-refractivity contribution >= 4 is 29.1 Å². The number of hydrogen-bond donors (Lipinski definition) is 2. The first-order valence-corrected chi connectivity index (χ1v) is 12.5. The summed E-state index contributed by atoms with van der Waals surface area (Å²) in [6, 6.07) is 22.2. The number of anilines is 1. The Morgan fingerprint density at radius 3 is 2.14 bits per heavy atom. The predicted molar refractivity (Wildman–Crippen MR) is 139 cm³/mol. The van der Waals surface area contributed by atoms with Crippen LogP contribution in [0.15, 0.2) is 78.9 Å². The molecule has 0 saturated heterocycles. The molecule has 8 heteroatoms. The Labute approximate surface area is 216 Å². The highest BCUT2D eigenvalue weighted by Crippen LogP contribution is 2.48. The first kappa shape index (κ1) is 24.6. The second kappa shape index (κ2) is 9.78. The molecule has 1 aromatic heterocycles. The van der Waals surface area contributed by atoms with E-state index in [0.717, 1.165) is 28.0 Å². The van der Waals surface area contributed by atoms with Gasteiger partial charge in [-0.2, -0.15) is 4.39 Å². The van der Waals surface area contributed by atoms with Crippen LogP contribution in [0.4, 0.5) is 19.3 Å². The van der Waals surface area contributed by atoms with Crippen molar-refractivity contribution in [1.29, 1.82) is 0 Å². The smallest absolute Gasteiger partial charge is 0.412 e. The van der Waals surface area contributed by atoms with Gasteiger partial charge in [-0.15, -0.1) is 11.3 Å². The first-order valence-electron chi connectivity index (χ1n) is 11.7. The van der Waals surface area contributed by atoms with Crippen molar-refractivity contribution in [3.8, 4) is 21.6 Å². The molecule has 1 heterocycles. The molecule has 1 fully saturated rings. The molecular formula is C29H23F2NO4S. The molecule has 1 atom stereocenters. The number of nitrogens with one attached hydrogen (secondary N) is 1. The second-order valence-electron chi connectivity index (χ2n) is 9.03. The van der Waals surface area contributed by atoms with Crippen LogP contribution in [0.25, 0.3) is 21.6 Å². The van der Waals surface area contributed by atoms with Crippen LogP contribution in [0.2, 0.25) is 0 Å². The molecule has 2 N–H and O–H groups in total. The fraction of sp³-hybridized carbons (Fsp3) is 0.172. The summed E-state index contributed by atoms with van der Waals surface area (Å²) in [4.78, 5) is 24.6. The van der Waals surface area contributed by atoms with Crippen LogP contribution in [0.1, 0.15) is 37.0 Å². The molecule has 1 amide bonds. The monoisotopic (exact) mass is 519 g/mol. The number of carboxylic acid groups (broad SMARTS) is 1. The number of carbonyl (C=O) groups excluding carboxylic acids is 1. The van der Waals surface area contributed by atoms with Crippen LogP contribution < -0.4 is 5.32 Å². The molecular weight excluding hydrogens is 496 g/mol. The Hall–Kier alpha value is -4.04. The van der Waals surface area contributed by atoms with E-state index in [1.54, 1.807) is 19.1 Å². The molecule has 1 aliphatic carbocycles. The number of amides is 1. The minimum atomic E-state index is -0.830. The van der Waals surface area contributed by atoms with Crippen molar-refractivity contribution in [3.63, 3.8) is 0 Å². The van der Waals surface area contributed by atoms with Gasteiger partial charge in [0.05, 0.1) is 16.0 Å². The molecule has 5 rings (SSSR count). The molecule has 1 aliphatic rings. The Balaban J connectivity index is 1.30. The number of thiophene rings is 1. The summed E-state index contributed by atoms with van der Waals surface area (Å²) in [5, 5.41) is 11.6. The van der Waals surface area contributed by atoms with Crippen molar-refractivity contribution < 1.29 is 28.2 Å². The van der Waals surface area contributed by atoms with Crippen LogP contribution in [0.3, 0.4) is 0 Å². The summed E-state index contributed by atoms with van der Waals surface area (Å²) in [6.07, 6.45) is -0.343. The average Bonchev–Trinajstić information content (AvgIpc) is 3.62. The first-order chi connectivity index (χ1) is 17.8. The summed E-state index contributed by atoms with van der Waals surface area (Å²) in [5.74, 6) is -1.27. The maximum Gasteiger partial charge on any atom is 0.412 e. The minimum Gasteiger partial charge on any atom is -0.481 e. The lowest BCUT2D eigenvalue weighted by atomic mass is 9.93. The number of ether oxygens (including phenoxy) is 1. The van der Waals surface area contributed by atoms with E-state index in [1.807, 2.05) is 48.5 Å². The quantitative estimate of drug-likeness (QED) is 0.261. The SMILES string of the molecule is CC(OC(=O)Nc1cc(F)sc1-c1ccc(-c2ccc(C3(C(=O)O)CC3)cc2)cc1)c1ccccc1F. The molecule has 1 unspecified atom stereocenters. The van der Waals surface area contributed by atoms with Crippen molar-refractivity contribution in [2.45, 2.75) is 31.3 Å². The van der Waals surface area contributed by atoms with E-state index in [-0.39, 0.29) is 11.3 Å². The lowest BCUT2D eigenvalue weighted by Gasteiger charge is -2.15. The van der Waals surface area contributed by atoms with E-state index in [0.29, 0.717) is 23.3 Å². The fourth-order valence-corrected chi connectivity index (χ4v) is 5.23. The number of benzene rings is 3. The summed E-state index contributed by atoms with van der Waals surface area (Å²) >= 11 is 0.891. The highest BCUT2D eigenvalue weighted by Gasteiger charge is 2.51. The second-order valence-corrected chi connectivity index (χ2v) is 10.0. The van der Waals surface area contributed by atoms with Gasteiger partial charge >= 0.3 is 12.1 Å². The van der Waals surface area contributed by atoms with E-state index in [4.69, 9.17) is 4.74 Å². The van der Waals surface area contributed by atoms with E-state index in [2.05, 4.69) is 5.32 Å². The number of halogens is 2. The van der Waals surface area contributed by atoms with Gasteiger partial charge in [0.2, 0.25) is 0 Å². The zero-order chi connectivity index (χ0) is 26.2. The number of carbonyl (C=O) groups is 2. The lowest BCUT2D eigenvalue weighted by Crippen LogP contribution is -2.19. The third kappa shape index (κ3) is 4.97. The number of rotatable bonds is 7. The average molecular weight is 520 g/mol. The highest BCUT2D eigenvalue weighted by molar-refractivity contribution is 7.14. The Bertz CT molecular complexity index is 1460. The zero-order valence-electron chi connectivity index (χ0n) is 19.8. The lowest BCUT2D eigenvalue weighted by molar-refractivity contribution is -0.140. The molecule has 0 aliphatic heterocycles. The molecule has 5 nitrogen and oxygen atoms in total. The minimum absolute atomic E-state index is 0.244. The van der Waals surface area contributed by atoms with Crippen LogP contribution >= 0.6 is 11.3 Å². The van der Waals surface area contributed by atoms with Crippen molar-refractivity contribution in [2.75, 3.05) is 5.32 Å². The van der Waals surface area contributed by atoms with Gasteiger partial charge in [0.15, 0.2) is 5.13 Å². The molecule has 0 spiro atoms. The summed E-state index contributed by atoms with van der Waals surface area (Å²) in [6.45, 7) is 1.56. The van der Waals surface area contributed by atoms with Crippen LogP contribution in [-0.4, -0.2) is 17.2 Å². The predicted octanol–water partition coefficient (Wildman–Crippen LogP) is 7.79. The molecule has 4 aromatic rings. The maximum atomic E-state index is 14.2. The van der Waals surface area contributed by atoms with Crippen LogP contribution in [-0.2, 0) is 14.9 Å². The standard InChI is InChI=1S/C29H23F2NO4S/c1-17(22-4-2-3-5-23(22)30)36-28(35)32-24-16-25(31)37-26(24)20-8-6-18(7-9-20)19-10-12-21(13-11-19)29(14-15-29)27(33)34/h2-13,16-17H,14-15H2,1H3,(H,32,35)(H,33,34). The topological polar surface area (TPSA) is 75.6 Å². The summed E-state index contributed by atoms with van der Waals surface area (Å²) < 4.78 is 33.5. The molecule has 0 bridgehead atoms. The van der Waals surface area contributed by atoms with Gasteiger partial charge in [0, 0.05) is 11.6 Å². The van der Waals surface area contributed by atoms with Gasteiger partial charge in [-0.25, -0.2) is 9.18 Å². The van der Waals surface area contributed by atoms with Gasteiger partial charge in [0.25, 0.3) is 0 Å². The van der Waals surface area contributed by atoms with E-state index in [9.17, 15) is 23.5 Å². The van der Waals surface area contributed by atoms with Gasteiger partial charge < -0.3 is 9.84 Å². The summed E-state index contributed by atoms with van der Waals surface area (Å²) in [7, 11) is 0. The van der Waals surface area contributed by atoms with Gasteiger partial charge in [-0.1, -0.05) is 66.7 Å². The number of aliphatic carboxylic acids is 1. The molecule has 1 saturated carbocycles. The fourth-order valence-electron chi connectivity index (χ4n) is 4.38. The third-order valence-corrected chi connectivity index (χ3v) is 7.62. The molecule has 0 radical (unpaired) electrons. The van der Waals surface area contributed by atoms with Crippen molar-refractivity contribution in [1.82, 2.24) is 0 Å². The Kier molecular flexibility index (Phi) is 6.52. The van der Waals surface area contributed by atoms with Crippen molar-refractivity contribution in [2.24, 2.45) is 0 Å².